The maximum absolute atomic E-state index is 11.9. The van der Waals surface area contributed by atoms with E-state index < -0.39 is 29.0 Å². The minimum Gasteiger partial charge on any atom is -0.504 e. The first kappa shape index (κ1) is 13.6. The van der Waals surface area contributed by atoms with Crippen LogP contribution in [0.4, 0.5) is 13.2 Å². The van der Waals surface area contributed by atoms with Gasteiger partial charge in [0, 0.05) is 5.56 Å². The summed E-state index contributed by atoms with van der Waals surface area (Å²) < 4.78 is 39.2. The van der Waals surface area contributed by atoms with E-state index in [0.717, 1.165) is 18.2 Å². The van der Waals surface area contributed by atoms with Crippen LogP contribution in [-0.2, 0) is 0 Å². The van der Waals surface area contributed by atoms with Crippen LogP contribution in [0.25, 0.3) is 0 Å². The van der Waals surface area contributed by atoms with Crippen molar-refractivity contribution in [1.82, 2.24) is 0 Å². The van der Waals surface area contributed by atoms with Gasteiger partial charge in [0.05, 0.1) is 5.38 Å². The fourth-order valence-electron chi connectivity index (χ4n) is 1.11. The number of phenols is 1. The van der Waals surface area contributed by atoms with E-state index in [-0.39, 0.29) is 5.56 Å². The molecule has 1 unspecified atom stereocenters. The summed E-state index contributed by atoms with van der Waals surface area (Å²) in [5, 5.41) is 8.44. The zero-order valence-corrected chi connectivity index (χ0v) is 9.34. The van der Waals surface area contributed by atoms with E-state index >= 15 is 0 Å². The van der Waals surface area contributed by atoms with Gasteiger partial charge in [0.1, 0.15) is 0 Å². The highest BCUT2D eigenvalue weighted by molar-refractivity contribution is 6.33. The van der Waals surface area contributed by atoms with Crippen molar-refractivity contribution in [2.45, 2.75) is 18.7 Å². The zero-order chi connectivity index (χ0) is 13.2. The highest BCUT2D eigenvalue weighted by atomic mass is 35.5. The molecule has 0 spiro atoms. The van der Waals surface area contributed by atoms with Crippen molar-refractivity contribution in [1.29, 1.82) is 0 Å². The average Bonchev–Trinajstić information content (AvgIpc) is 2.18. The van der Waals surface area contributed by atoms with Crippen molar-refractivity contribution >= 4 is 17.4 Å². The van der Waals surface area contributed by atoms with Crippen LogP contribution in [0.2, 0.25) is 0 Å². The van der Waals surface area contributed by atoms with Gasteiger partial charge in [-0.05, 0) is 25.1 Å². The second-order valence-corrected chi connectivity index (χ2v) is 3.87. The summed E-state index contributed by atoms with van der Waals surface area (Å²) >= 11 is 5.52. The number of phenolic OH excluding ortho intramolecular Hbond substituents is 1. The number of carbonyl (C=O) groups excluding carboxylic acids is 1. The molecule has 0 saturated heterocycles. The Kier molecular flexibility index (Phi) is 3.87. The molecule has 0 bridgehead atoms. The third-order valence-corrected chi connectivity index (χ3v) is 2.03. The normalized spacial score (nSPS) is 13.2. The molecule has 1 N–H and O–H groups in total. The second kappa shape index (κ2) is 4.83. The standard InChI is InChI=1S/C10H8ClF3O3/c1-5(11)9(16)6-2-3-8(7(15)4-6)17-10(12,13)14/h2-5,15H,1H3. The number of carbonyl (C=O) groups is 1. The van der Waals surface area contributed by atoms with Gasteiger partial charge >= 0.3 is 6.36 Å². The summed E-state index contributed by atoms with van der Waals surface area (Å²) in [6.45, 7) is 1.42. The van der Waals surface area contributed by atoms with Crippen LogP contribution in [0.5, 0.6) is 11.5 Å². The Hall–Kier alpha value is -1.43. The van der Waals surface area contributed by atoms with E-state index in [4.69, 9.17) is 11.6 Å². The first-order chi connectivity index (χ1) is 7.70. The van der Waals surface area contributed by atoms with Crippen LogP contribution >= 0.6 is 11.6 Å². The Morgan fingerprint density at radius 2 is 2.06 bits per heavy atom. The molecule has 0 fully saturated rings. The minimum atomic E-state index is -4.90. The van der Waals surface area contributed by atoms with Crippen LogP contribution in [-0.4, -0.2) is 22.6 Å². The molecule has 0 radical (unpaired) electrons. The van der Waals surface area contributed by atoms with Gasteiger partial charge < -0.3 is 9.84 Å². The lowest BCUT2D eigenvalue weighted by molar-refractivity contribution is -0.275. The summed E-state index contributed by atoms with van der Waals surface area (Å²) in [4.78, 5) is 11.4. The first-order valence-electron chi connectivity index (χ1n) is 4.48. The number of aromatic hydroxyl groups is 1. The number of ketones is 1. The van der Waals surface area contributed by atoms with E-state index in [1.54, 1.807) is 0 Å². The average molecular weight is 269 g/mol. The van der Waals surface area contributed by atoms with Gasteiger partial charge in [0.2, 0.25) is 0 Å². The Morgan fingerprint density at radius 1 is 1.47 bits per heavy atom. The lowest BCUT2D eigenvalue weighted by Gasteiger charge is -2.11. The van der Waals surface area contributed by atoms with Crippen molar-refractivity contribution in [3.05, 3.63) is 23.8 Å². The van der Waals surface area contributed by atoms with Crippen molar-refractivity contribution in [2.24, 2.45) is 0 Å². The van der Waals surface area contributed by atoms with E-state index in [9.17, 15) is 23.1 Å². The predicted octanol–water partition coefficient (Wildman–Crippen LogP) is 3.10. The highest BCUT2D eigenvalue weighted by Gasteiger charge is 2.32. The zero-order valence-electron chi connectivity index (χ0n) is 8.58. The van der Waals surface area contributed by atoms with Gasteiger partial charge in [0.25, 0.3) is 0 Å². The lowest BCUT2D eigenvalue weighted by atomic mass is 10.1. The van der Waals surface area contributed by atoms with Crippen molar-refractivity contribution < 1.29 is 27.8 Å². The molecular formula is C10H8ClF3O3. The first-order valence-corrected chi connectivity index (χ1v) is 4.91. The molecule has 17 heavy (non-hydrogen) atoms. The van der Waals surface area contributed by atoms with Crippen molar-refractivity contribution in [3.8, 4) is 11.5 Å². The van der Waals surface area contributed by atoms with Crippen molar-refractivity contribution in [2.75, 3.05) is 0 Å². The molecule has 3 nitrogen and oxygen atoms in total. The molecule has 1 atom stereocenters. The summed E-state index contributed by atoms with van der Waals surface area (Å²) in [6, 6.07) is 2.83. The number of benzene rings is 1. The number of ether oxygens (including phenoxy) is 1. The van der Waals surface area contributed by atoms with Crippen LogP contribution in [0.3, 0.4) is 0 Å². The molecular weight excluding hydrogens is 261 g/mol. The molecule has 94 valence electrons. The molecule has 0 heterocycles. The number of rotatable bonds is 3. The molecule has 0 saturated carbocycles. The SMILES string of the molecule is CC(Cl)C(=O)c1ccc(OC(F)(F)F)c(O)c1. The monoisotopic (exact) mass is 268 g/mol. The molecule has 0 aromatic heterocycles. The molecule has 1 aromatic rings. The van der Waals surface area contributed by atoms with Crippen LogP contribution in [0, 0.1) is 0 Å². The molecule has 0 amide bonds. The molecule has 0 aliphatic carbocycles. The van der Waals surface area contributed by atoms with Crippen LogP contribution in [0.15, 0.2) is 18.2 Å². The lowest BCUT2D eigenvalue weighted by Crippen LogP contribution is -2.17. The third kappa shape index (κ3) is 3.81. The second-order valence-electron chi connectivity index (χ2n) is 3.21. The Labute approximate surface area is 99.8 Å². The number of hydrogen-bond donors (Lipinski definition) is 1. The van der Waals surface area contributed by atoms with Gasteiger partial charge in [-0.25, -0.2) is 0 Å². The predicted molar refractivity (Wildman–Crippen MR) is 54.4 cm³/mol. The maximum atomic E-state index is 11.9. The van der Waals surface area contributed by atoms with Gasteiger partial charge in [-0.15, -0.1) is 24.8 Å². The quantitative estimate of drug-likeness (QED) is 0.677. The fraction of sp³-hybridized carbons (Fsp3) is 0.300. The Bertz CT molecular complexity index is 429. The number of halogens is 4. The van der Waals surface area contributed by atoms with E-state index in [2.05, 4.69) is 4.74 Å². The van der Waals surface area contributed by atoms with E-state index in [1.807, 2.05) is 0 Å². The third-order valence-electron chi connectivity index (χ3n) is 1.83. The topological polar surface area (TPSA) is 46.5 Å². The number of hydrogen-bond acceptors (Lipinski definition) is 3. The summed E-state index contributed by atoms with van der Waals surface area (Å²) in [7, 11) is 0. The smallest absolute Gasteiger partial charge is 0.504 e. The summed E-state index contributed by atoms with van der Waals surface area (Å²) in [6.07, 6.45) is -4.90. The molecule has 1 aromatic carbocycles. The molecule has 1 rings (SSSR count). The number of alkyl halides is 4. The molecule has 0 aliphatic rings. The molecule has 0 aliphatic heterocycles. The van der Waals surface area contributed by atoms with Gasteiger partial charge in [-0.2, -0.15) is 0 Å². The highest BCUT2D eigenvalue weighted by Crippen LogP contribution is 2.32. The summed E-state index contributed by atoms with van der Waals surface area (Å²) in [5.41, 5.74) is 0.0134. The van der Waals surface area contributed by atoms with E-state index in [0.29, 0.717) is 0 Å². The largest absolute Gasteiger partial charge is 0.573 e. The van der Waals surface area contributed by atoms with Crippen LogP contribution < -0.4 is 4.74 Å². The maximum Gasteiger partial charge on any atom is 0.573 e. The number of Topliss-reactive ketones (excluding diaryl/α,β-unsaturated/α-hetero) is 1. The van der Waals surface area contributed by atoms with Gasteiger partial charge in [-0.1, -0.05) is 0 Å². The van der Waals surface area contributed by atoms with E-state index in [1.165, 1.54) is 6.92 Å². The van der Waals surface area contributed by atoms with Crippen LogP contribution in [0.1, 0.15) is 17.3 Å². The van der Waals surface area contributed by atoms with Gasteiger partial charge in [0.15, 0.2) is 17.3 Å². The van der Waals surface area contributed by atoms with Gasteiger partial charge in [-0.3, -0.25) is 4.79 Å². The van der Waals surface area contributed by atoms with Crippen molar-refractivity contribution in [3.63, 3.8) is 0 Å². The summed E-state index contributed by atoms with van der Waals surface area (Å²) in [5.74, 6) is -2.04. The Balaban J connectivity index is 2.98. The fourth-order valence-corrected chi connectivity index (χ4v) is 1.24. The minimum absolute atomic E-state index is 0.0134. The molecule has 7 heteroatoms. The Morgan fingerprint density at radius 3 is 2.47 bits per heavy atom.